The van der Waals surface area contributed by atoms with Gasteiger partial charge in [0, 0.05) is 115 Å². The van der Waals surface area contributed by atoms with Crippen LogP contribution in [-0.4, -0.2) is 57.8 Å². The highest BCUT2D eigenvalue weighted by molar-refractivity contribution is 9.11. The molecule has 9 aromatic heterocycles. The van der Waals surface area contributed by atoms with Gasteiger partial charge in [0.1, 0.15) is 17.5 Å². The monoisotopic (exact) mass is 2130 g/mol. The summed E-state index contributed by atoms with van der Waals surface area (Å²) in [7, 11) is 0. The van der Waals surface area contributed by atoms with E-state index in [-0.39, 0.29) is 29.7 Å². The van der Waals surface area contributed by atoms with Crippen LogP contribution in [0.2, 0.25) is 10.0 Å². The van der Waals surface area contributed by atoms with Crippen molar-refractivity contribution in [2.24, 2.45) is 10.3 Å². The maximum atomic E-state index is 13.5. The van der Waals surface area contributed by atoms with Gasteiger partial charge >= 0.3 is 0 Å². The molecule has 2 atom stereocenters. The van der Waals surface area contributed by atoms with Crippen LogP contribution in [0.15, 0.2) is 363 Å². The van der Waals surface area contributed by atoms with E-state index in [4.69, 9.17) is 73.6 Å². The summed E-state index contributed by atoms with van der Waals surface area (Å²) < 4.78 is 88.2. The molecule has 0 radical (unpaired) electrons. The van der Waals surface area contributed by atoms with Gasteiger partial charge in [0.25, 0.3) is 0 Å². The highest BCUT2D eigenvalue weighted by Gasteiger charge is 2.25. The SMILES string of the molecule is CC1=NOC(c2ccccc2Br)C1.CC1=NOC(c2ccccc2C)C1.Cc1cc(-c2c(C)cccc2C)on1.Cc1cc(-c2c(C)cccc2Cl)on1.Cc1cc(-c2c(C)cccc2F)on1.Cc1cc(-c2c(C)cccc2F)on1.Cc1cc(-c2ccccc2)on1.Cc1cc(-c2ccccc2Br)on1.Cc1cc(-c2ccccc2C)on1.Cc1cc(-c2ccccc2Cl)on1.Cc1cc(-c2ccccc2F)on1. The summed E-state index contributed by atoms with van der Waals surface area (Å²) in [4.78, 5) is 10.6. The number of halogens is 7. The first-order chi connectivity index (χ1) is 70.2. The van der Waals surface area contributed by atoms with Crippen LogP contribution in [0.3, 0.4) is 0 Å². The number of rotatable bonds is 11. The van der Waals surface area contributed by atoms with E-state index in [0.29, 0.717) is 49.8 Å². The quantitative estimate of drug-likeness (QED) is 0.116. The lowest BCUT2D eigenvalue weighted by Crippen LogP contribution is -1.99. The number of benzene rings is 11. The Bertz CT molecular complexity index is 6860. The maximum absolute atomic E-state index is 13.5. The van der Waals surface area contributed by atoms with Crippen molar-refractivity contribution in [3.63, 3.8) is 0 Å². The lowest BCUT2D eigenvalue weighted by molar-refractivity contribution is 0.0851. The Hall–Kier alpha value is -15.4. The third kappa shape index (κ3) is 31.5. The summed E-state index contributed by atoms with van der Waals surface area (Å²) >= 11 is 19.0. The number of hydrogen-bond donors (Lipinski definition) is 0. The second-order valence-corrected chi connectivity index (χ2v) is 36.8. The first kappa shape index (κ1) is 109. The molecule has 2 aliphatic rings. The molecule has 146 heavy (non-hydrogen) atoms. The molecule has 11 aromatic carbocycles. The molecule has 0 fully saturated rings. The molecule has 22 nitrogen and oxygen atoms in total. The summed E-state index contributed by atoms with van der Waals surface area (Å²) in [5, 5.41) is 43.5. The Morgan fingerprint density at radius 3 is 0.897 bits per heavy atom. The van der Waals surface area contributed by atoms with Gasteiger partial charge in [0.2, 0.25) is 0 Å². The smallest absolute Gasteiger partial charge is 0.170 e. The molecular formula is C117H110Br2Cl2F3N11O11. The molecule has 0 amide bonds. The number of nitrogens with zero attached hydrogens (tertiary/aromatic N) is 11. The second-order valence-electron chi connectivity index (χ2n) is 34.3. The van der Waals surface area contributed by atoms with Crippen LogP contribution in [0.5, 0.6) is 0 Å². The Balaban J connectivity index is 0.000000143. The molecule has 2 unspecified atom stereocenters. The van der Waals surface area contributed by atoms with Crippen LogP contribution in [0.4, 0.5) is 13.2 Å². The van der Waals surface area contributed by atoms with E-state index in [2.05, 4.69) is 159 Å². The standard InChI is InChI=1S/C12H13NO.C11H10ClNO.2C11H10FNO.C11H13NO.C11H11NO.C10H10BrNO.C10H8BrNO.C10H8ClNO.C10H8FNO.C10H9NO/c1-8-5-4-6-9(2)12(8)11-7-10(3)13-14-11;3*1-7-4-3-5-9(12)11(7)10-6-8(2)13-14-10;2*1-8-5-3-4-6-10(8)11-7-9(2)12-13-11;4*1-7-6-10(13-12-7)8-4-2-3-5-9(8)11;1-8-7-10(12-11-8)9-5-3-2-4-6-9/h4-7H,1-3H3;3*3-6H,1-2H3;3-6,11H,7H2,1-2H3;3-7H,1-2H3;2-5,10H,6H2,1H3;3*2-6H,1H3;2-7H,1H3. The van der Waals surface area contributed by atoms with Gasteiger partial charge in [-0.3, -0.25) is 0 Å². The highest BCUT2D eigenvalue weighted by Crippen LogP contribution is 2.38. The number of aryl methyl sites for hydroxylation is 16. The van der Waals surface area contributed by atoms with Crippen molar-refractivity contribution in [3.8, 4) is 102 Å². The molecule has 2 aliphatic heterocycles. The first-order valence-electron chi connectivity index (χ1n) is 46.5. The summed E-state index contributed by atoms with van der Waals surface area (Å²) in [5.74, 6) is 5.35. The maximum Gasteiger partial charge on any atom is 0.170 e. The van der Waals surface area contributed by atoms with E-state index < -0.39 is 0 Å². The summed E-state index contributed by atoms with van der Waals surface area (Å²) in [6.07, 6.45) is 2.05. The molecule has 20 aromatic rings. The predicted octanol–water partition coefficient (Wildman–Crippen LogP) is 34.3. The van der Waals surface area contributed by atoms with Crippen molar-refractivity contribution < 1.29 is 63.6 Å². The Labute approximate surface area is 873 Å². The fraction of sp³-hybridized carbons (Fsp3) is 0.188. The fourth-order valence-electron chi connectivity index (χ4n) is 14.9. The fourth-order valence-corrected chi connectivity index (χ4v) is 16.4. The molecule has 0 saturated carbocycles. The molecule has 11 heterocycles. The third-order valence-electron chi connectivity index (χ3n) is 22.1. The van der Waals surface area contributed by atoms with Gasteiger partial charge in [0.05, 0.1) is 89.4 Å². The van der Waals surface area contributed by atoms with Crippen molar-refractivity contribution in [2.75, 3.05) is 0 Å². The van der Waals surface area contributed by atoms with Crippen LogP contribution < -0.4 is 0 Å². The normalized spacial score (nSPS) is 12.3. The molecule has 0 bridgehead atoms. The molecule has 0 spiro atoms. The van der Waals surface area contributed by atoms with Crippen molar-refractivity contribution in [3.05, 3.63) is 441 Å². The average molecular weight is 2130 g/mol. The van der Waals surface area contributed by atoms with Gasteiger partial charge in [0.15, 0.2) is 64.1 Å². The number of hydrogen-bond acceptors (Lipinski definition) is 22. The van der Waals surface area contributed by atoms with Crippen molar-refractivity contribution in [1.82, 2.24) is 46.4 Å². The van der Waals surface area contributed by atoms with Crippen LogP contribution in [0, 0.1) is 128 Å². The number of oxime groups is 2. The Kier molecular flexibility index (Phi) is 40.3. The van der Waals surface area contributed by atoms with E-state index in [1.54, 1.807) is 55.5 Å². The minimum absolute atomic E-state index is 0.0931. The van der Waals surface area contributed by atoms with E-state index >= 15 is 0 Å². The second kappa shape index (κ2) is 53.8. The molecule has 748 valence electrons. The zero-order valence-electron chi connectivity index (χ0n) is 84.0. The summed E-state index contributed by atoms with van der Waals surface area (Å²) in [6.45, 7) is 34.9. The zero-order chi connectivity index (χ0) is 104. The zero-order valence-corrected chi connectivity index (χ0v) is 88.7. The minimum Gasteiger partial charge on any atom is -0.387 e. The van der Waals surface area contributed by atoms with Gasteiger partial charge in [-0.1, -0.05) is 300 Å². The molecule has 0 N–H and O–H groups in total. The molecule has 0 aliphatic carbocycles. The van der Waals surface area contributed by atoms with E-state index in [0.717, 1.165) is 163 Å². The van der Waals surface area contributed by atoms with E-state index in [1.807, 2.05) is 284 Å². The van der Waals surface area contributed by atoms with Gasteiger partial charge in [-0.15, -0.1) is 0 Å². The van der Waals surface area contributed by atoms with Crippen molar-refractivity contribution >= 4 is 66.5 Å². The minimum atomic E-state index is -0.293. The van der Waals surface area contributed by atoms with Gasteiger partial charge in [-0.05, 0) is 230 Å². The highest BCUT2D eigenvalue weighted by atomic mass is 79.9. The Morgan fingerprint density at radius 1 is 0.233 bits per heavy atom. The predicted molar refractivity (Wildman–Crippen MR) is 575 cm³/mol. The van der Waals surface area contributed by atoms with Gasteiger partial charge in [-0.25, -0.2) is 13.2 Å². The van der Waals surface area contributed by atoms with E-state index in [9.17, 15) is 13.2 Å². The lowest BCUT2D eigenvalue weighted by atomic mass is 10.0. The number of aromatic nitrogens is 9. The van der Waals surface area contributed by atoms with Crippen LogP contribution in [-0.2, 0) is 9.68 Å². The lowest BCUT2D eigenvalue weighted by Gasteiger charge is -2.10. The van der Waals surface area contributed by atoms with Crippen molar-refractivity contribution in [1.29, 1.82) is 0 Å². The first-order valence-corrected chi connectivity index (χ1v) is 48.8. The molecule has 0 saturated heterocycles. The summed E-state index contributed by atoms with van der Waals surface area (Å²) in [6, 6.07) is 94.9. The largest absolute Gasteiger partial charge is 0.387 e. The third-order valence-corrected chi connectivity index (χ3v) is 24.1. The van der Waals surface area contributed by atoms with E-state index in [1.165, 1.54) is 51.6 Å². The topological polar surface area (TPSA) is 277 Å². The van der Waals surface area contributed by atoms with Gasteiger partial charge < -0.3 is 50.4 Å². The van der Waals surface area contributed by atoms with Crippen molar-refractivity contribution in [2.45, 2.75) is 150 Å². The average Bonchev–Trinajstić information content (AvgIpc) is 1.67. The molecule has 29 heteroatoms. The summed E-state index contributed by atoms with van der Waals surface area (Å²) in [5.41, 5.74) is 27.5. The van der Waals surface area contributed by atoms with Crippen LogP contribution in [0.1, 0.15) is 140 Å². The van der Waals surface area contributed by atoms with Gasteiger partial charge in [-0.2, -0.15) is 0 Å². The molecule has 22 rings (SSSR count). The van der Waals surface area contributed by atoms with Crippen LogP contribution >= 0.6 is 55.1 Å². The Morgan fingerprint density at radius 2 is 0.514 bits per heavy atom. The van der Waals surface area contributed by atoms with Crippen LogP contribution in [0.25, 0.3) is 102 Å². The molecular weight excluding hydrogens is 2020 g/mol.